The molecule has 0 spiro atoms. The third-order valence-electron chi connectivity index (χ3n) is 5.21. The fraction of sp³-hybridized carbons (Fsp3) is 0.476. The van der Waals surface area contributed by atoms with Gasteiger partial charge in [0, 0.05) is 47.8 Å². The van der Waals surface area contributed by atoms with Crippen LogP contribution in [0, 0.1) is 13.8 Å². The predicted octanol–water partition coefficient (Wildman–Crippen LogP) is 2.93. The van der Waals surface area contributed by atoms with E-state index in [1.54, 1.807) is 0 Å². The van der Waals surface area contributed by atoms with E-state index in [0.717, 1.165) is 32.0 Å². The molecule has 5 nitrogen and oxygen atoms in total. The molecule has 0 aliphatic carbocycles. The van der Waals surface area contributed by atoms with Crippen molar-refractivity contribution < 1.29 is 9.53 Å². The number of carbonyl (C=O) groups is 1. The van der Waals surface area contributed by atoms with Gasteiger partial charge in [0.15, 0.2) is 0 Å². The summed E-state index contributed by atoms with van der Waals surface area (Å²) in [5, 5.41) is 3.09. The van der Waals surface area contributed by atoms with Gasteiger partial charge in [0.05, 0.1) is 13.2 Å². The van der Waals surface area contributed by atoms with Crippen molar-refractivity contribution >= 4 is 5.91 Å². The number of carbonyl (C=O) groups excluding carboxylic acids is 1. The molecule has 1 fully saturated rings. The van der Waals surface area contributed by atoms with Gasteiger partial charge in [-0.2, -0.15) is 0 Å². The van der Waals surface area contributed by atoms with Crippen LogP contribution in [-0.4, -0.2) is 53.8 Å². The van der Waals surface area contributed by atoms with Crippen LogP contribution < -0.4 is 5.32 Å². The van der Waals surface area contributed by atoms with Gasteiger partial charge in [-0.1, -0.05) is 0 Å². The highest BCUT2D eigenvalue weighted by atomic mass is 16.5. The van der Waals surface area contributed by atoms with Crippen LogP contribution in [-0.2, 0) is 4.74 Å². The van der Waals surface area contributed by atoms with E-state index in [2.05, 4.69) is 54.6 Å². The topological polar surface area (TPSA) is 46.5 Å². The molecule has 0 unspecified atom stereocenters. The molecule has 2 heterocycles. The molecule has 26 heavy (non-hydrogen) atoms. The molecule has 2 aromatic rings. The molecule has 1 N–H and O–H groups in total. The molecule has 1 saturated heterocycles. The summed E-state index contributed by atoms with van der Waals surface area (Å²) < 4.78 is 7.60. The molecule has 0 bridgehead atoms. The maximum atomic E-state index is 12.5. The largest absolute Gasteiger partial charge is 0.379 e. The Morgan fingerprint density at radius 3 is 2.19 bits per heavy atom. The Labute approximate surface area is 156 Å². The molecule has 3 rings (SSSR count). The molecule has 1 aliphatic rings. The number of morpholine rings is 1. The lowest BCUT2D eigenvalue weighted by atomic mass is 10.0. The summed E-state index contributed by atoms with van der Waals surface area (Å²) in [5.41, 5.74) is 4.06. The zero-order valence-corrected chi connectivity index (χ0v) is 16.2. The van der Waals surface area contributed by atoms with Crippen LogP contribution in [0.3, 0.4) is 0 Å². The van der Waals surface area contributed by atoms with Crippen LogP contribution in [0.15, 0.2) is 36.4 Å². The normalized spacial score (nSPS) is 15.8. The van der Waals surface area contributed by atoms with Crippen LogP contribution in [0.2, 0.25) is 0 Å². The molecule has 1 aromatic heterocycles. The second-order valence-electron chi connectivity index (χ2n) is 7.59. The fourth-order valence-electron chi connectivity index (χ4n) is 3.52. The molecule has 1 aromatic carbocycles. The zero-order chi connectivity index (χ0) is 18.7. The highest BCUT2D eigenvalue weighted by Gasteiger charge is 2.28. The van der Waals surface area contributed by atoms with Crippen molar-refractivity contribution in [2.24, 2.45) is 0 Å². The molecule has 1 aliphatic heterocycles. The number of amides is 1. The lowest BCUT2D eigenvalue weighted by molar-refractivity contribution is -0.00923. The van der Waals surface area contributed by atoms with Gasteiger partial charge in [-0.05, 0) is 64.1 Å². The van der Waals surface area contributed by atoms with Gasteiger partial charge in [-0.25, -0.2) is 0 Å². The molecule has 0 atom stereocenters. The van der Waals surface area contributed by atoms with Gasteiger partial charge in [0.2, 0.25) is 0 Å². The van der Waals surface area contributed by atoms with Gasteiger partial charge >= 0.3 is 0 Å². The van der Waals surface area contributed by atoms with E-state index >= 15 is 0 Å². The second kappa shape index (κ2) is 7.64. The van der Waals surface area contributed by atoms with Crippen molar-refractivity contribution in [1.29, 1.82) is 0 Å². The number of hydrogen-bond donors (Lipinski definition) is 1. The second-order valence-corrected chi connectivity index (χ2v) is 7.59. The van der Waals surface area contributed by atoms with Gasteiger partial charge in [-0.15, -0.1) is 0 Å². The number of ether oxygens (including phenoxy) is 1. The summed E-state index contributed by atoms with van der Waals surface area (Å²) in [4.78, 5) is 14.9. The minimum atomic E-state index is -0.0846. The number of benzene rings is 1. The van der Waals surface area contributed by atoms with Gasteiger partial charge in [-0.3, -0.25) is 9.69 Å². The Bertz CT molecular complexity index is 737. The van der Waals surface area contributed by atoms with Crippen LogP contribution in [0.4, 0.5) is 0 Å². The Kier molecular flexibility index (Phi) is 5.49. The van der Waals surface area contributed by atoms with Crippen molar-refractivity contribution in [2.75, 3.05) is 32.8 Å². The van der Waals surface area contributed by atoms with E-state index in [4.69, 9.17) is 4.74 Å². The first-order valence-electron chi connectivity index (χ1n) is 9.25. The summed E-state index contributed by atoms with van der Waals surface area (Å²) in [6, 6.07) is 12.0. The highest BCUT2D eigenvalue weighted by Crippen LogP contribution is 2.18. The summed E-state index contributed by atoms with van der Waals surface area (Å²) in [6.07, 6.45) is 0. The van der Waals surface area contributed by atoms with Crippen molar-refractivity contribution in [3.05, 3.63) is 53.3 Å². The number of nitrogens with zero attached hydrogens (tertiary/aromatic N) is 2. The van der Waals surface area contributed by atoms with E-state index in [0.29, 0.717) is 12.1 Å². The highest BCUT2D eigenvalue weighted by molar-refractivity contribution is 5.94. The average Bonchev–Trinajstić information content (AvgIpc) is 2.99. The predicted molar refractivity (Wildman–Crippen MR) is 104 cm³/mol. The van der Waals surface area contributed by atoms with Crippen molar-refractivity contribution in [1.82, 2.24) is 14.8 Å². The standard InChI is InChI=1S/C21H29N3O2/c1-16-5-6-17(2)24(16)19-9-7-18(8-10-19)20(25)22-15-21(3,4)23-11-13-26-14-12-23/h5-10H,11-15H2,1-4H3,(H,22,25). The smallest absolute Gasteiger partial charge is 0.251 e. The van der Waals surface area contributed by atoms with E-state index in [9.17, 15) is 4.79 Å². The Balaban J connectivity index is 1.63. The van der Waals surface area contributed by atoms with Crippen LogP contribution in [0.1, 0.15) is 35.6 Å². The maximum Gasteiger partial charge on any atom is 0.251 e. The van der Waals surface area contributed by atoms with E-state index in [1.807, 2.05) is 24.3 Å². The Morgan fingerprint density at radius 2 is 1.62 bits per heavy atom. The monoisotopic (exact) mass is 355 g/mol. The number of aryl methyl sites for hydroxylation is 2. The molecule has 0 radical (unpaired) electrons. The Hall–Kier alpha value is -2.11. The molecule has 5 heteroatoms. The lowest BCUT2D eigenvalue weighted by Crippen LogP contribution is -2.55. The minimum Gasteiger partial charge on any atom is -0.379 e. The molecule has 140 valence electrons. The molecular weight excluding hydrogens is 326 g/mol. The summed E-state index contributed by atoms with van der Waals surface area (Å²) in [5.74, 6) is -0.0289. The maximum absolute atomic E-state index is 12.5. The first-order chi connectivity index (χ1) is 12.4. The van der Waals surface area contributed by atoms with Crippen LogP contribution in [0.25, 0.3) is 5.69 Å². The average molecular weight is 355 g/mol. The minimum absolute atomic E-state index is 0.0289. The van der Waals surface area contributed by atoms with E-state index in [-0.39, 0.29) is 11.4 Å². The van der Waals surface area contributed by atoms with Crippen molar-refractivity contribution in [3.63, 3.8) is 0 Å². The first kappa shape index (κ1) is 18.7. The number of rotatable bonds is 5. The third-order valence-corrected chi connectivity index (χ3v) is 5.21. The van der Waals surface area contributed by atoms with Crippen LogP contribution >= 0.6 is 0 Å². The summed E-state index contributed by atoms with van der Waals surface area (Å²) in [7, 11) is 0. The van der Waals surface area contributed by atoms with Crippen LogP contribution in [0.5, 0.6) is 0 Å². The SMILES string of the molecule is Cc1ccc(C)n1-c1ccc(C(=O)NCC(C)(C)N2CCOCC2)cc1. The first-order valence-corrected chi connectivity index (χ1v) is 9.25. The number of hydrogen-bond acceptors (Lipinski definition) is 3. The van der Waals surface area contributed by atoms with Gasteiger partial charge in [0.1, 0.15) is 0 Å². The third kappa shape index (κ3) is 4.00. The number of nitrogens with one attached hydrogen (secondary N) is 1. The lowest BCUT2D eigenvalue weighted by Gasteiger charge is -2.40. The summed E-state index contributed by atoms with van der Waals surface area (Å²) >= 11 is 0. The fourth-order valence-corrected chi connectivity index (χ4v) is 3.52. The van der Waals surface area contributed by atoms with Gasteiger partial charge in [0.25, 0.3) is 5.91 Å². The van der Waals surface area contributed by atoms with Crippen molar-refractivity contribution in [3.8, 4) is 5.69 Å². The molecule has 0 saturated carbocycles. The summed E-state index contributed by atoms with van der Waals surface area (Å²) in [6.45, 7) is 12.5. The Morgan fingerprint density at radius 1 is 1.04 bits per heavy atom. The van der Waals surface area contributed by atoms with E-state index < -0.39 is 0 Å². The molecule has 1 amide bonds. The van der Waals surface area contributed by atoms with E-state index in [1.165, 1.54) is 11.4 Å². The number of aromatic nitrogens is 1. The quantitative estimate of drug-likeness (QED) is 0.897. The molecular formula is C21H29N3O2. The van der Waals surface area contributed by atoms with Crippen molar-refractivity contribution in [2.45, 2.75) is 33.2 Å². The van der Waals surface area contributed by atoms with Gasteiger partial charge < -0.3 is 14.6 Å². The zero-order valence-electron chi connectivity index (χ0n) is 16.2.